The van der Waals surface area contributed by atoms with Gasteiger partial charge in [0.2, 0.25) is 19.4 Å². The first kappa shape index (κ1) is 41.4. The van der Waals surface area contributed by atoms with Crippen LogP contribution in [-0.4, -0.2) is 120 Å². The normalized spacial score (nSPS) is 31.4. The van der Waals surface area contributed by atoms with E-state index in [0.29, 0.717) is 5.56 Å². The van der Waals surface area contributed by atoms with Gasteiger partial charge in [-0.15, -0.1) is 0 Å². The quantitative estimate of drug-likeness (QED) is 0.135. The highest BCUT2D eigenvalue weighted by Gasteiger charge is 2.53. The largest absolute Gasteiger partial charge is 0.376 e. The lowest BCUT2D eigenvalue weighted by molar-refractivity contribution is -0.118. The smallest absolute Gasteiger partial charge is 0.325 e. The minimum absolute atomic E-state index is 0.0350. The van der Waals surface area contributed by atoms with Gasteiger partial charge in [-0.1, -0.05) is 32.0 Å². The highest BCUT2D eigenvalue weighted by atomic mass is 32.5. The number of nitrogens with one attached hydrogen (secondary N) is 3. The number of hydrogen-bond acceptors (Lipinski definition) is 17. The zero-order valence-electron chi connectivity index (χ0n) is 31.1. The molecule has 9 unspecified atom stereocenters. The molecule has 310 valence electrons. The third-order valence-electron chi connectivity index (χ3n) is 9.54. The average Bonchev–Trinajstić information content (AvgIpc) is 3.97. The Balaban J connectivity index is 1.07. The predicted octanol–water partition coefficient (Wildman–Crippen LogP) is 2.26. The molecular formula is C32H34BFN10O12P2S. The molecule has 27 heteroatoms. The summed E-state index contributed by atoms with van der Waals surface area (Å²) in [7, 11) is 2.76. The summed E-state index contributed by atoms with van der Waals surface area (Å²) < 4.78 is 73.7. The number of aromatic amines is 1. The number of carbonyl (C=O) groups is 2. The zero-order chi connectivity index (χ0) is 41.8. The number of methoxy groups -OCH3 is 1. The first-order valence-electron chi connectivity index (χ1n) is 17.8. The van der Waals surface area contributed by atoms with Crippen LogP contribution in [0.4, 0.5) is 16.2 Å². The van der Waals surface area contributed by atoms with Gasteiger partial charge < -0.3 is 38.0 Å². The van der Waals surface area contributed by atoms with Crippen LogP contribution in [0.25, 0.3) is 22.3 Å². The van der Waals surface area contributed by atoms with Gasteiger partial charge in [0.05, 0.1) is 25.9 Å². The Kier molecular flexibility index (Phi) is 11.4. The number of H-pyrrole nitrogens is 1. The number of anilines is 2. The molecule has 22 nitrogen and oxygen atoms in total. The fraction of sp³-hybridized carbons (Fsp3) is 0.438. The van der Waals surface area contributed by atoms with Gasteiger partial charge in [-0.2, -0.15) is 4.98 Å². The van der Waals surface area contributed by atoms with Gasteiger partial charge in [0, 0.05) is 18.6 Å². The molecule has 3 aliphatic heterocycles. The lowest BCUT2D eigenvalue weighted by Crippen LogP contribution is -2.37. The number of benzene rings is 1. The zero-order valence-corrected chi connectivity index (χ0v) is 33.7. The van der Waals surface area contributed by atoms with Crippen LogP contribution in [0.3, 0.4) is 0 Å². The van der Waals surface area contributed by atoms with Gasteiger partial charge in [-0.05, 0) is 23.9 Å². The number of ether oxygens (including phenoxy) is 3. The molecule has 4 N–H and O–H groups in total. The van der Waals surface area contributed by atoms with Crippen molar-refractivity contribution in [3.05, 3.63) is 65.2 Å². The van der Waals surface area contributed by atoms with Gasteiger partial charge in [-0.25, -0.2) is 24.3 Å². The fourth-order valence-corrected chi connectivity index (χ4v) is 9.12. The Bertz CT molecular complexity index is 2570. The van der Waals surface area contributed by atoms with Gasteiger partial charge >= 0.3 is 6.72 Å². The van der Waals surface area contributed by atoms with Crippen molar-refractivity contribution >= 4 is 79.5 Å². The molecule has 4 aromatic heterocycles. The summed E-state index contributed by atoms with van der Waals surface area (Å²) in [5.41, 5.74) is -0.400. The molecule has 59 heavy (non-hydrogen) atoms. The van der Waals surface area contributed by atoms with Gasteiger partial charge in [-0.3, -0.25) is 42.9 Å². The van der Waals surface area contributed by atoms with Gasteiger partial charge in [0.15, 0.2) is 46.8 Å². The summed E-state index contributed by atoms with van der Waals surface area (Å²) in [6.07, 6.45) is -8.28. The first-order valence-corrected chi connectivity index (χ1v) is 22.0. The molecule has 3 aliphatic rings. The number of imidazole rings is 2. The lowest BCUT2D eigenvalue weighted by Gasteiger charge is -2.28. The van der Waals surface area contributed by atoms with Crippen LogP contribution in [0, 0.1) is 5.92 Å². The third kappa shape index (κ3) is 8.25. The monoisotopic (exact) mass is 874 g/mol. The number of halogens is 1. The van der Waals surface area contributed by atoms with Gasteiger partial charge in [0.25, 0.3) is 18.9 Å². The van der Waals surface area contributed by atoms with Crippen molar-refractivity contribution < 1.29 is 55.7 Å². The molecule has 0 aliphatic carbocycles. The van der Waals surface area contributed by atoms with Crippen molar-refractivity contribution in [2.24, 2.45) is 5.92 Å². The maximum absolute atomic E-state index is 16.6. The van der Waals surface area contributed by atoms with E-state index in [1.807, 2.05) is 0 Å². The number of amides is 2. The van der Waals surface area contributed by atoms with E-state index in [1.54, 1.807) is 44.2 Å². The van der Waals surface area contributed by atoms with E-state index in [9.17, 15) is 23.8 Å². The van der Waals surface area contributed by atoms with Crippen LogP contribution >= 0.6 is 14.2 Å². The summed E-state index contributed by atoms with van der Waals surface area (Å²) in [5.74, 6) is -1.50. The van der Waals surface area contributed by atoms with E-state index in [0.717, 1.165) is 6.33 Å². The standard InChI is InChI=1S/C32H34BFN10O12P2S/c1-14(2)27(45)41-32-40-26-20(29(47)42-32)38-13-44(26)31-23-22(50-3)17(54-31)10-52-58(49,59)56-21-16(9-51-57(33,48)55-23)53-30(18(21)34)43-12-37-19-24(35-11-36-25(19)43)39-28(46)15-7-5-4-6-8-15/h4-8,11-14,16-18,21-23,30-31H,9-10H2,1-3H3,(H,49,59)(H,35,36,39,46)(H2,40,41,42,45,47)/t16?,17?,18?,21?,22?,23?,30?,31?,57-,58?/m0/s1. The molecule has 5 aromatic rings. The van der Waals surface area contributed by atoms with Crippen molar-refractivity contribution in [2.45, 2.75) is 63.0 Å². The molecule has 10 atom stereocenters. The number of aromatic nitrogens is 8. The predicted molar refractivity (Wildman–Crippen MR) is 206 cm³/mol. The fourth-order valence-electron chi connectivity index (χ4n) is 6.70. The minimum Gasteiger partial charge on any atom is -0.376 e. The van der Waals surface area contributed by atoms with Crippen LogP contribution in [0.5, 0.6) is 0 Å². The van der Waals surface area contributed by atoms with Gasteiger partial charge in [0.1, 0.15) is 36.8 Å². The Labute approximate surface area is 338 Å². The molecular weight excluding hydrogens is 840 g/mol. The minimum atomic E-state index is -4.66. The second-order valence-electron chi connectivity index (χ2n) is 13.8. The molecule has 3 fully saturated rings. The maximum atomic E-state index is 16.6. The van der Waals surface area contributed by atoms with E-state index in [-0.39, 0.29) is 34.1 Å². The highest BCUT2D eigenvalue weighted by molar-refractivity contribution is 8.07. The van der Waals surface area contributed by atoms with Crippen molar-refractivity contribution in [1.82, 2.24) is 39.0 Å². The molecule has 0 saturated carbocycles. The van der Waals surface area contributed by atoms with Crippen molar-refractivity contribution in [3.8, 4) is 0 Å². The van der Waals surface area contributed by atoms with E-state index < -0.39 is 99.8 Å². The van der Waals surface area contributed by atoms with Crippen LogP contribution in [0.2, 0.25) is 0 Å². The van der Waals surface area contributed by atoms with Crippen molar-refractivity contribution in [2.75, 3.05) is 31.0 Å². The maximum Gasteiger partial charge on any atom is 0.325 e. The number of fused-ring (bicyclic) bond motifs is 5. The summed E-state index contributed by atoms with van der Waals surface area (Å²) >= 11 is 5.31. The number of nitrogens with zero attached hydrogens (tertiary/aromatic N) is 7. The summed E-state index contributed by atoms with van der Waals surface area (Å²) in [5, 5.41) is 5.19. The second-order valence-corrected chi connectivity index (χ2v) is 18.1. The van der Waals surface area contributed by atoms with Crippen molar-refractivity contribution in [3.63, 3.8) is 0 Å². The Morgan fingerprint density at radius 1 is 0.983 bits per heavy atom. The lowest BCUT2D eigenvalue weighted by atomic mass is 10.1. The molecule has 2 amide bonds. The van der Waals surface area contributed by atoms with E-state index in [2.05, 4.69) is 40.5 Å². The molecule has 0 spiro atoms. The summed E-state index contributed by atoms with van der Waals surface area (Å²) in [6.45, 7) is -2.32. The van der Waals surface area contributed by atoms with E-state index in [1.165, 1.54) is 28.9 Å². The number of rotatable bonds is 7. The molecule has 7 heterocycles. The molecule has 1 aromatic carbocycles. The summed E-state index contributed by atoms with van der Waals surface area (Å²) in [4.78, 5) is 73.1. The topological polar surface area (TPSA) is 267 Å². The Hall–Kier alpha value is -4.39. The second kappa shape index (κ2) is 16.2. The van der Waals surface area contributed by atoms with Crippen LogP contribution in [0.1, 0.15) is 36.7 Å². The highest BCUT2D eigenvalue weighted by Crippen LogP contribution is 2.54. The number of alkyl halides is 1. The van der Waals surface area contributed by atoms with Crippen LogP contribution < -0.4 is 16.2 Å². The van der Waals surface area contributed by atoms with Crippen LogP contribution in [-0.2, 0) is 53.5 Å². The van der Waals surface area contributed by atoms with Crippen molar-refractivity contribution in [1.29, 1.82) is 0 Å². The number of hydrogen-bond donors (Lipinski definition) is 4. The van der Waals surface area contributed by atoms with E-state index >= 15 is 4.39 Å². The van der Waals surface area contributed by atoms with E-state index in [4.69, 9.17) is 51.7 Å². The van der Waals surface area contributed by atoms with Crippen LogP contribution in [0.15, 0.2) is 54.1 Å². The average molecular weight is 875 g/mol. The molecule has 2 bridgehead atoms. The molecule has 3 saturated heterocycles. The molecule has 2 radical (unpaired) electrons. The Morgan fingerprint density at radius 3 is 2.41 bits per heavy atom. The first-order chi connectivity index (χ1) is 28.1. The number of carbonyl (C=O) groups excluding carboxylic acids is 2. The molecule has 8 rings (SSSR count). The summed E-state index contributed by atoms with van der Waals surface area (Å²) in [6, 6.07) is 8.36. The SMILES string of the molecule is [B][P@]1(=O)OCC2OC(n3cnc4c(NC(=O)c5ccccc5)ncnc43)C(F)C2OP(O)(=S)OCC2OC(n3cnc4c(=O)[nH]c(NC(=O)C(C)C)nc43)C(O1)C2OC. The third-order valence-corrected chi connectivity index (χ3v) is 12.1. The Morgan fingerprint density at radius 2 is 1.68 bits per heavy atom.